The van der Waals surface area contributed by atoms with Crippen LogP contribution in [0.4, 0.5) is 14.5 Å². The van der Waals surface area contributed by atoms with E-state index in [0.29, 0.717) is 16.8 Å². The second-order valence-electron chi connectivity index (χ2n) is 11.1. The Bertz CT molecular complexity index is 1720. The molecule has 0 aliphatic carbocycles. The van der Waals surface area contributed by atoms with Crippen molar-refractivity contribution in [3.8, 4) is 5.75 Å². The third kappa shape index (κ3) is 9.52. The smallest absolute Gasteiger partial charge is 0.329 e. The van der Waals surface area contributed by atoms with Crippen molar-refractivity contribution in [2.75, 3.05) is 30.4 Å². The lowest BCUT2D eigenvalue weighted by Crippen LogP contribution is -2.57. The van der Waals surface area contributed by atoms with E-state index in [1.807, 2.05) is 5.32 Å². The molecule has 17 heteroatoms. The molecule has 3 aromatic carbocycles. The van der Waals surface area contributed by atoms with E-state index in [9.17, 15) is 38.2 Å². The number of carboxylic acid groups (broad SMARTS) is 1. The van der Waals surface area contributed by atoms with Crippen molar-refractivity contribution in [2.24, 2.45) is 0 Å². The van der Waals surface area contributed by atoms with Crippen LogP contribution in [0.3, 0.4) is 0 Å². The molecular weight excluding hydrogens is 684 g/mol. The molecule has 1 fully saturated rings. The minimum Gasteiger partial charge on any atom is -0.484 e. The van der Waals surface area contributed by atoms with Crippen molar-refractivity contribution >= 4 is 41.1 Å². The largest absolute Gasteiger partial charge is 0.484 e. The maximum Gasteiger partial charge on any atom is 0.329 e. The average Bonchev–Trinajstić information content (AvgIpc) is 3.17. The van der Waals surface area contributed by atoms with Crippen molar-refractivity contribution in [3.63, 3.8) is 0 Å². The highest BCUT2D eigenvalue weighted by Crippen LogP contribution is 2.46. The summed E-state index contributed by atoms with van der Waals surface area (Å²) in [7, 11) is 0. The predicted molar refractivity (Wildman–Crippen MR) is 174 cm³/mol. The normalized spacial score (nSPS) is 19.7. The van der Waals surface area contributed by atoms with E-state index in [0.717, 1.165) is 0 Å². The van der Waals surface area contributed by atoms with Gasteiger partial charge in [-0.05, 0) is 59.7 Å². The molecule has 1 unspecified atom stereocenters. The molecule has 50 heavy (non-hydrogen) atoms. The summed E-state index contributed by atoms with van der Waals surface area (Å²) in [5.41, 5.74) is 1.60. The lowest BCUT2D eigenvalue weighted by molar-refractivity contribution is -0.151. The maximum atomic E-state index is 13.7. The number of nitrogens with zero attached hydrogens (tertiary/aromatic N) is 1. The van der Waals surface area contributed by atoms with E-state index in [-0.39, 0.29) is 17.4 Å². The molecule has 3 amide bonds. The van der Waals surface area contributed by atoms with Gasteiger partial charge in [0.05, 0.1) is 25.3 Å². The first-order valence-corrected chi connectivity index (χ1v) is 16.1. The number of aliphatic hydroxyl groups is 5. The number of halogens is 2. The number of carbonyl (C=O) groups excluding carboxylic acids is 3. The van der Waals surface area contributed by atoms with Crippen LogP contribution in [0, 0.1) is 11.6 Å². The first-order valence-electron chi connectivity index (χ1n) is 16.6. The number of aliphatic hydroxyl groups excluding tert-OH is 5. The minimum atomic E-state index is -2.01. The van der Waals surface area contributed by atoms with Crippen molar-refractivity contribution in [1.82, 2.24) is 10.6 Å². The summed E-state index contributed by atoms with van der Waals surface area (Å²) in [5, 5.41) is 41.0. The number of aliphatic carboxylic acids is 1. The molecule has 1 heterocycles. The van der Waals surface area contributed by atoms with E-state index in [1.165, 1.54) is 65.2 Å². The number of hydrogen-bond donors (Lipinski definition) is 8. The molecule has 1 saturated heterocycles. The molecule has 14 nitrogen and oxygen atoms in total. The Morgan fingerprint density at radius 2 is 1.58 bits per heavy atom. The number of benzene rings is 3. The molecule has 0 aromatic heterocycles. The van der Waals surface area contributed by atoms with Gasteiger partial charge in [0.1, 0.15) is 40.9 Å². The first kappa shape index (κ1) is 32.5. The Morgan fingerprint density at radius 3 is 2.18 bits per heavy atom. The zero-order valence-electron chi connectivity index (χ0n) is 30.0. The number of carbonyl (C=O) groups is 4. The van der Waals surface area contributed by atoms with Crippen LogP contribution in [-0.4, -0.2) is 115 Å². The van der Waals surface area contributed by atoms with Gasteiger partial charge in [0.2, 0.25) is 17.5 Å². The molecule has 0 spiro atoms. The lowest BCUT2D eigenvalue weighted by atomic mass is 9.92. The van der Waals surface area contributed by atoms with Crippen LogP contribution >= 0.6 is 11.8 Å². The molecule has 8 N–H and O–H groups in total. The predicted octanol–water partition coefficient (Wildman–Crippen LogP) is 0.0275. The van der Waals surface area contributed by atoms with Crippen LogP contribution in [0.15, 0.2) is 72.8 Å². The lowest BCUT2D eigenvalue weighted by Gasteiger charge is -2.47. The van der Waals surface area contributed by atoms with Crippen molar-refractivity contribution < 1.29 is 63.3 Å². The fourth-order valence-corrected chi connectivity index (χ4v) is 6.26. The average molecular weight is 724 g/mol. The van der Waals surface area contributed by atoms with Gasteiger partial charge in [-0.15, -0.1) is 11.8 Å². The van der Waals surface area contributed by atoms with Gasteiger partial charge < -0.3 is 50.9 Å². The third-order valence-corrected chi connectivity index (χ3v) is 8.97. The molecule has 1 aliphatic rings. The van der Waals surface area contributed by atoms with Gasteiger partial charge in [0, 0.05) is 11.4 Å². The topological polar surface area (TPSA) is 226 Å². The van der Waals surface area contributed by atoms with Gasteiger partial charge in [-0.2, -0.15) is 0 Å². The van der Waals surface area contributed by atoms with Gasteiger partial charge >= 0.3 is 5.97 Å². The second-order valence-corrected chi connectivity index (χ2v) is 12.3. The highest BCUT2D eigenvalue weighted by molar-refractivity contribution is 8.00. The molecular formula is C33H35F2N3O11S. The van der Waals surface area contributed by atoms with Crippen LogP contribution in [0.2, 0.25) is 0 Å². The number of ether oxygens (including phenoxy) is 1. The minimum absolute atomic E-state index is 0.128. The quantitative estimate of drug-likeness (QED) is 0.0682. The summed E-state index contributed by atoms with van der Waals surface area (Å²) in [5.74, 6) is -4.36. The highest BCUT2D eigenvalue weighted by Gasteiger charge is 2.49. The SMILES string of the molecule is [2H]OC[C@@H](O[2H])[C@@H](O[2H])[C@H](O[2H])[C@H](NC(=O)CNC(=O)COc1ccc([C@@H]2[C@@H](SCC(O)c3ccc(F)cc3)C(=O)N2c2ccc(F)cc2)cc1)C(=O)O. The second kappa shape index (κ2) is 17.3. The maximum absolute atomic E-state index is 13.7. The first-order chi connectivity index (χ1) is 25.9. The van der Waals surface area contributed by atoms with Crippen LogP contribution in [-0.2, 0) is 19.2 Å². The number of amides is 3. The van der Waals surface area contributed by atoms with E-state index in [1.54, 1.807) is 24.3 Å². The number of β-lactam (4-membered cyclic amide) rings is 1. The monoisotopic (exact) mass is 723 g/mol. The van der Waals surface area contributed by atoms with E-state index in [2.05, 4.69) is 25.8 Å². The molecule has 1 aliphatic heterocycles. The van der Waals surface area contributed by atoms with Gasteiger partial charge in [-0.3, -0.25) is 14.4 Å². The van der Waals surface area contributed by atoms with Crippen molar-refractivity contribution in [2.45, 2.75) is 41.7 Å². The summed E-state index contributed by atoms with van der Waals surface area (Å²) in [6, 6.07) is 14.6. The zero-order chi connectivity index (χ0) is 39.4. The Morgan fingerprint density at radius 1 is 0.920 bits per heavy atom. The van der Waals surface area contributed by atoms with Crippen LogP contribution in [0.25, 0.3) is 0 Å². The van der Waals surface area contributed by atoms with E-state index >= 15 is 0 Å². The van der Waals surface area contributed by atoms with Crippen molar-refractivity contribution in [3.05, 3.63) is 95.6 Å². The number of thioether (sulfide) groups is 1. The number of anilines is 1. The summed E-state index contributed by atoms with van der Waals surface area (Å²) in [4.78, 5) is 51.6. The number of hydrogen-bond acceptors (Lipinski definition) is 11. The van der Waals surface area contributed by atoms with Gasteiger partial charge in [0.25, 0.3) is 5.91 Å². The van der Waals surface area contributed by atoms with Gasteiger partial charge in [0.15, 0.2) is 12.6 Å². The molecule has 0 bridgehead atoms. The molecule has 7 atom stereocenters. The molecule has 268 valence electrons. The van der Waals surface area contributed by atoms with Crippen LogP contribution < -0.4 is 20.3 Å². The Labute approximate surface area is 294 Å². The third-order valence-electron chi connectivity index (χ3n) is 7.64. The summed E-state index contributed by atoms with van der Waals surface area (Å²) in [6.07, 6.45) is -6.18. The fourth-order valence-electron chi connectivity index (χ4n) is 4.96. The van der Waals surface area contributed by atoms with Crippen molar-refractivity contribution in [1.29, 1.82) is 5.72 Å². The summed E-state index contributed by atoms with van der Waals surface area (Å²) in [6.45, 7) is -1.97. The summed E-state index contributed by atoms with van der Waals surface area (Å²) >= 11 is 1.21. The van der Waals surface area contributed by atoms with Crippen LogP contribution in [0.5, 0.6) is 5.75 Å². The molecule has 4 rings (SSSR count). The number of nitrogens with one attached hydrogen (secondary N) is 2. The fraction of sp³-hybridized carbons (Fsp3) is 0.333. The Balaban J connectivity index is 1.35. The van der Waals surface area contributed by atoms with E-state index in [4.69, 9.17) is 10.5 Å². The number of rotatable bonds is 21. The Hall–Kier alpha value is -4.65. The van der Waals surface area contributed by atoms with Gasteiger partial charge in [-0.25, -0.2) is 13.6 Å². The molecule has 0 radical (unpaired) electrons. The highest BCUT2D eigenvalue weighted by atomic mass is 32.2. The summed E-state index contributed by atoms with van der Waals surface area (Å²) < 4.78 is 60.8. The standard InChI is InChI=1S/C33H35F2N3O11S/c34-19-5-1-17(2-6-19)24(41)16-50-31-28(38(32(31)46)21-9-7-20(35)8-10-21)18-3-11-22(12-4-18)49-15-26(43)36-13-25(42)37-27(33(47)48)30(45)29(44)23(40)14-39/h1-12,23-24,27-31,39-41,44-45H,13-16H2,(H,36,43)(H,37,42)(H,47,48)/t23-,24?,27+,28-,29-,30-,31-/m1/s1/i39D,40D,44D,45D. The van der Waals surface area contributed by atoms with E-state index < -0.39 is 90.9 Å². The molecule has 3 aromatic rings. The Kier molecular flexibility index (Phi) is 11.3. The van der Waals surface area contributed by atoms with Crippen LogP contribution in [0.1, 0.15) is 23.3 Å². The zero-order valence-corrected chi connectivity index (χ0v) is 26.8. The number of carboxylic acids is 1. The molecule has 0 saturated carbocycles. The van der Waals surface area contributed by atoms with Gasteiger partial charge in [-0.1, -0.05) is 24.3 Å².